The van der Waals surface area contributed by atoms with Crippen LogP contribution in [0.4, 0.5) is 0 Å². The van der Waals surface area contributed by atoms with Crippen LogP contribution in [0.3, 0.4) is 0 Å². The Bertz CT molecular complexity index is 377. The van der Waals surface area contributed by atoms with Crippen LogP contribution in [0.25, 0.3) is 0 Å². The molecule has 0 aliphatic heterocycles. The first kappa shape index (κ1) is 16.0. The van der Waals surface area contributed by atoms with Crippen molar-refractivity contribution in [3.8, 4) is 5.88 Å². The summed E-state index contributed by atoms with van der Waals surface area (Å²) in [6.45, 7) is 11.2. The van der Waals surface area contributed by atoms with Crippen molar-refractivity contribution in [2.75, 3.05) is 13.2 Å². The minimum atomic E-state index is 0.768. The summed E-state index contributed by atoms with van der Waals surface area (Å²) >= 11 is 0. The number of ether oxygens (including phenoxy) is 1. The highest BCUT2D eigenvalue weighted by Crippen LogP contribution is 2.21. The van der Waals surface area contributed by atoms with Gasteiger partial charge in [0, 0.05) is 17.8 Å². The highest BCUT2D eigenvalue weighted by molar-refractivity contribution is 5.35. The molecule has 0 saturated heterocycles. The summed E-state index contributed by atoms with van der Waals surface area (Å²) in [6, 6.07) is 2.13. The van der Waals surface area contributed by atoms with Gasteiger partial charge in [0.25, 0.3) is 0 Å². The zero-order valence-corrected chi connectivity index (χ0v) is 12.9. The Morgan fingerprint density at radius 2 is 1.95 bits per heavy atom. The smallest absolute Gasteiger partial charge is 0.218 e. The van der Waals surface area contributed by atoms with Gasteiger partial charge in [-0.15, -0.1) is 0 Å². The minimum Gasteiger partial charge on any atom is -0.477 e. The molecule has 0 unspecified atom stereocenters. The number of unbranched alkanes of at least 4 members (excludes halogenated alkanes) is 2. The lowest BCUT2D eigenvalue weighted by Gasteiger charge is -2.14. The lowest BCUT2D eigenvalue weighted by atomic mass is 10.1. The van der Waals surface area contributed by atoms with E-state index in [9.17, 15) is 0 Å². The lowest BCUT2D eigenvalue weighted by Crippen LogP contribution is -2.16. The second kappa shape index (κ2) is 8.92. The van der Waals surface area contributed by atoms with Crippen molar-refractivity contribution in [3.05, 3.63) is 22.9 Å². The number of hydrogen-bond donors (Lipinski definition) is 1. The third-order valence-electron chi connectivity index (χ3n) is 3.15. The molecule has 0 aromatic carbocycles. The molecule has 3 heteroatoms. The van der Waals surface area contributed by atoms with Crippen LogP contribution >= 0.6 is 0 Å². The third kappa shape index (κ3) is 5.60. The maximum atomic E-state index is 5.88. The van der Waals surface area contributed by atoms with E-state index in [4.69, 9.17) is 4.74 Å². The van der Waals surface area contributed by atoms with Crippen LogP contribution < -0.4 is 10.1 Å². The molecule has 19 heavy (non-hydrogen) atoms. The number of aromatic nitrogens is 1. The van der Waals surface area contributed by atoms with Crippen LogP contribution in [0.15, 0.2) is 6.07 Å². The maximum absolute atomic E-state index is 5.88. The summed E-state index contributed by atoms with van der Waals surface area (Å²) in [6.07, 6.45) is 4.68. The van der Waals surface area contributed by atoms with Crippen molar-refractivity contribution in [2.24, 2.45) is 0 Å². The van der Waals surface area contributed by atoms with E-state index in [2.05, 4.69) is 37.1 Å². The average Bonchev–Trinajstić information content (AvgIpc) is 2.37. The van der Waals surface area contributed by atoms with Gasteiger partial charge in [-0.2, -0.15) is 0 Å². The predicted octanol–water partition coefficient (Wildman–Crippen LogP) is 3.77. The standard InChI is InChI=1S/C16H28N2O/c1-5-7-8-10-19-16-15(12-17-9-6-2)13(3)11-14(4)18-16/h11,17H,5-10,12H2,1-4H3. The quantitative estimate of drug-likeness (QED) is 0.689. The number of nitrogens with zero attached hydrogens (tertiary/aromatic N) is 1. The van der Waals surface area contributed by atoms with Crippen LogP contribution in [0.5, 0.6) is 5.88 Å². The van der Waals surface area contributed by atoms with E-state index in [0.717, 1.165) is 44.1 Å². The van der Waals surface area contributed by atoms with Gasteiger partial charge in [0.1, 0.15) is 0 Å². The molecule has 1 heterocycles. The van der Waals surface area contributed by atoms with E-state index in [1.807, 2.05) is 6.92 Å². The maximum Gasteiger partial charge on any atom is 0.218 e. The SMILES string of the molecule is CCCCCOc1nc(C)cc(C)c1CNCCC. The van der Waals surface area contributed by atoms with Gasteiger partial charge in [0.2, 0.25) is 5.88 Å². The monoisotopic (exact) mass is 264 g/mol. The summed E-state index contributed by atoms with van der Waals surface area (Å²) in [4.78, 5) is 4.55. The van der Waals surface area contributed by atoms with E-state index in [1.165, 1.54) is 24.0 Å². The number of nitrogens with one attached hydrogen (secondary N) is 1. The number of rotatable bonds is 9. The Morgan fingerprint density at radius 3 is 2.63 bits per heavy atom. The van der Waals surface area contributed by atoms with Gasteiger partial charge >= 0.3 is 0 Å². The second-order valence-corrected chi connectivity index (χ2v) is 5.10. The molecule has 0 bridgehead atoms. The molecule has 0 aliphatic rings. The molecular formula is C16H28N2O. The van der Waals surface area contributed by atoms with Gasteiger partial charge < -0.3 is 10.1 Å². The van der Waals surface area contributed by atoms with Gasteiger partial charge in [-0.05, 0) is 44.9 Å². The number of aryl methyl sites for hydroxylation is 2. The Kier molecular flexibility index (Phi) is 7.49. The van der Waals surface area contributed by atoms with E-state index >= 15 is 0 Å². The summed E-state index contributed by atoms with van der Waals surface area (Å²) in [5.74, 6) is 0.817. The first-order valence-electron chi connectivity index (χ1n) is 7.49. The predicted molar refractivity (Wildman–Crippen MR) is 80.7 cm³/mol. The number of pyridine rings is 1. The molecule has 0 spiro atoms. The Labute approximate surface area is 117 Å². The zero-order chi connectivity index (χ0) is 14.1. The highest BCUT2D eigenvalue weighted by atomic mass is 16.5. The van der Waals surface area contributed by atoms with E-state index in [0.29, 0.717) is 0 Å². The Hall–Kier alpha value is -1.09. The van der Waals surface area contributed by atoms with Crippen LogP contribution in [-0.2, 0) is 6.54 Å². The number of hydrogen-bond acceptors (Lipinski definition) is 3. The van der Waals surface area contributed by atoms with E-state index in [1.54, 1.807) is 0 Å². The molecule has 0 saturated carbocycles. The van der Waals surface area contributed by atoms with Crippen molar-refractivity contribution in [3.63, 3.8) is 0 Å². The third-order valence-corrected chi connectivity index (χ3v) is 3.15. The van der Waals surface area contributed by atoms with Crippen LogP contribution in [0.2, 0.25) is 0 Å². The van der Waals surface area contributed by atoms with Crippen LogP contribution in [0.1, 0.15) is 56.4 Å². The summed E-state index contributed by atoms with van der Waals surface area (Å²) in [7, 11) is 0. The van der Waals surface area contributed by atoms with Crippen molar-refractivity contribution >= 4 is 0 Å². The summed E-state index contributed by atoms with van der Waals surface area (Å²) in [5.41, 5.74) is 3.50. The normalized spacial score (nSPS) is 10.7. The largest absolute Gasteiger partial charge is 0.477 e. The van der Waals surface area contributed by atoms with Crippen molar-refractivity contribution < 1.29 is 4.74 Å². The van der Waals surface area contributed by atoms with Gasteiger partial charge in [0.05, 0.1) is 6.61 Å². The van der Waals surface area contributed by atoms with Crippen molar-refractivity contribution in [1.29, 1.82) is 0 Å². The lowest BCUT2D eigenvalue weighted by molar-refractivity contribution is 0.290. The molecular weight excluding hydrogens is 236 g/mol. The second-order valence-electron chi connectivity index (χ2n) is 5.10. The minimum absolute atomic E-state index is 0.768. The molecule has 1 aromatic rings. The molecule has 3 nitrogen and oxygen atoms in total. The van der Waals surface area contributed by atoms with Crippen molar-refractivity contribution in [2.45, 2.75) is 59.9 Å². The average molecular weight is 264 g/mol. The molecule has 1 rings (SSSR count). The van der Waals surface area contributed by atoms with E-state index in [-0.39, 0.29) is 0 Å². The Balaban J connectivity index is 2.69. The fourth-order valence-electron chi connectivity index (χ4n) is 2.07. The van der Waals surface area contributed by atoms with Crippen LogP contribution in [-0.4, -0.2) is 18.1 Å². The molecule has 0 amide bonds. The summed E-state index contributed by atoms with van der Waals surface area (Å²) in [5, 5.41) is 3.43. The van der Waals surface area contributed by atoms with Gasteiger partial charge in [-0.3, -0.25) is 0 Å². The van der Waals surface area contributed by atoms with Gasteiger partial charge in [-0.25, -0.2) is 4.98 Å². The van der Waals surface area contributed by atoms with Crippen LogP contribution in [0, 0.1) is 13.8 Å². The molecule has 0 radical (unpaired) electrons. The zero-order valence-electron chi connectivity index (χ0n) is 12.9. The van der Waals surface area contributed by atoms with Crippen molar-refractivity contribution in [1.82, 2.24) is 10.3 Å². The first-order chi connectivity index (χ1) is 9.19. The van der Waals surface area contributed by atoms with Gasteiger partial charge in [0.15, 0.2) is 0 Å². The fourth-order valence-corrected chi connectivity index (χ4v) is 2.07. The molecule has 108 valence electrons. The Morgan fingerprint density at radius 1 is 1.16 bits per heavy atom. The molecule has 0 atom stereocenters. The van der Waals surface area contributed by atoms with Gasteiger partial charge in [-0.1, -0.05) is 26.7 Å². The topological polar surface area (TPSA) is 34.1 Å². The van der Waals surface area contributed by atoms with E-state index < -0.39 is 0 Å². The first-order valence-corrected chi connectivity index (χ1v) is 7.49. The molecule has 1 N–H and O–H groups in total. The molecule has 0 aliphatic carbocycles. The summed E-state index contributed by atoms with van der Waals surface area (Å²) < 4.78 is 5.88. The molecule has 0 fully saturated rings. The fraction of sp³-hybridized carbons (Fsp3) is 0.688. The molecule has 1 aromatic heterocycles. The highest BCUT2D eigenvalue weighted by Gasteiger charge is 2.09.